The van der Waals surface area contributed by atoms with Gasteiger partial charge in [-0.3, -0.25) is 4.98 Å². The Bertz CT molecular complexity index is 817. The number of aromatic nitrogens is 2. The zero-order valence-corrected chi connectivity index (χ0v) is 11.0. The van der Waals surface area contributed by atoms with Crippen LogP contribution in [0.5, 0.6) is 11.5 Å². The van der Waals surface area contributed by atoms with E-state index < -0.39 is 0 Å². The van der Waals surface area contributed by atoms with Gasteiger partial charge in [0.2, 0.25) is 0 Å². The number of nitrogens with two attached hydrogens (primary N) is 1. The molecule has 0 saturated carbocycles. The van der Waals surface area contributed by atoms with Crippen molar-refractivity contribution in [3.63, 3.8) is 0 Å². The molecule has 0 aliphatic carbocycles. The Balaban J connectivity index is 1.99. The Morgan fingerprint density at radius 1 is 1.14 bits per heavy atom. The number of nitrogens with zero attached hydrogens (tertiary/aromatic N) is 3. The molecule has 0 amide bonds. The fourth-order valence-corrected chi connectivity index (χ4v) is 1.95. The van der Waals surface area contributed by atoms with Crippen LogP contribution in [0.4, 0.5) is 0 Å². The molecule has 104 valence electrons. The lowest BCUT2D eigenvalue weighted by atomic mass is 10.2. The van der Waals surface area contributed by atoms with Crippen molar-refractivity contribution >= 4 is 16.7 Å². The van der Waals surface area contributed by atoms with Gasteiger partial charge in [0.15, 0.2) is 17.3 Å². The summed E-state index contributed by atoms with van der Waals surface area (Å²) in [7, 11) is 0. The number of hydrogen-bond donors (Lipinski definition) is 2. The summed E-state index contributed by atoms with van der Waals surface area (Å²) in [6.45, 7) is 0. The minimum absolute atomic E-state index is 0.112. The van der Waals surface area contributed by atoms with Crippen LogP contribution in [-0.2, 0) is 0 Å². The summed E-state index contributed by atoms with van der Waals surface area (Å²) in [6, 6.07) is 13.0. The van der Waals surface area contributed by atoms with Crippen LogP contribution in [0.25, 0.3) is 10.9 Å². The summed E-state index contributed by atoms with van der Waals surface area (Å²) in [5, 5.41) is 12.7. The summed E-state index contributed by atoms with van der Waals surface area (Å²) in [4.78, 5) is 8.36. The van der Waals surface area contributed by atoms with Gasteiger partial charge < -0.3 is 15.7 Å². The number of fused-ring (bicyclic) bond motifs is 1. The molecule has 6 heteroatoms. The molecule has 0 aliphatic heterocycles. The van der Waals surface area contributed by atoms with Crippen LogP contribution < -0.4 is 10.5 Å². The third-order valence-corrected chi connectivity index (χ3v) is 2.91. The van der Waals surface area contributed by atoms with E-state index in [9.17, 15) is 0 Å². The predicted octanol–water partition coefficient (Wildman–Crippen LogP) is 2.52. The number of amidine groups is 1. The molecule has 3 aromatic rings. The van der Waals surface area contributed by atoms with E-state index in [-0.39, 0.29) is 11.5 Å². The normalized spacial score (nSPS) is 11.5. The molecule has 0 spiro atoms. The molecule has 0 saturated heterocycles. The highest BCUT2D eigenvalue weighted by Gasteiger charge is 2.10. The molecule has 0 unspecified atom stereocenters. The van der Waals surface area contributed by atoms with Crippen LogP contribution in [0, 0.1) is 0 Å². The summed E-state index contributed by atoms with van der Waals surface area (Å²) in [5.74, 6) is 0.831. The first-order valence-electron chi connectivity index (χ1n) is 6.23. The smallest absolute Gasteiger partial charge is 0.192 e. The van der Waals surface area contributed by atoms with E-state index in [2.05, 4.69) is 15.1 Å². The van der Waals surface area contributed by atoms with E-state index >= 15 is 0 Å². The van der Waals surface area contributed by atoms with Gasteiger partial charge in [-0.2, -0.15) is 0 Å². The third-order valence-electron chi connectivity index (χ3n) is 2.91. The molecule has 1 aromatic carbocycles. The van der Waals surface area contributed by atoms with Crippen molar-refractivity contribution in [2.75, 3.05) is 0 Å². The number of rotatable bonds is 3. The van der Waals surface area contributed by atoms with Gasteiger partial charge in [0.25, 0.3) is 0 Å². The Morgan fingerprint density at radius 3 is 2.86 bits per heavy atom. The molecule has 0 aliphatic rings. The van der Waals surface area contributed by atoms with Crippen molar-refractivity contribution < 1.29 is 9.94 Å². The second kappa shape index (κ2) is 5.46. The second-order valence-electron chi connectivity index (χ2n) is 4.30. The molecule has 2 heterocycles. The maximum absolute atomic E-state index is 8.78. The summed E-state index contributed by atoms with van der Waals surface area (Å²) >= 11 is 0. The molecule has 0 bridgehead atoms. The van der Waals surface area contributed by atoms with Gasteiger partial charge >= 0.3 is 0 Å². The van der Waals surface area contributed by atoms with Crippen molar-refractivity contribution in [3.8, 4) is 11.5 Å². The second-order valence-corrected chi connectivity index (χ2v) is 4.30. The zero-order chi connectivity index (χ0) is 14.7. The van der Waals surface area contributed by atoms with Crippen molar-refractivity contribution in [3.05, 3.63) is 60.6 Å². The number of hydrogen-bond acceptors (Lipinski definition) is 5. The van der Waals surface area contributed by atoms with Crippen molar-refractivity contribution in [2.24, 2.45) is 10.9 Å². The first kappa shape index (κ1) is 12.9. The van der Waals surface area contributed by atoms with Crippen LogP contribution in [0.2, 0.25) is 0 Å². The largest absolute Gasteiger partial charge is 0.453 e. The monoisotopic (exact) mass is 280 g/mol. The third kappa shape index (κ3) is 2.59. The fourth-order valence-electron chi connectivity index (χ4n) is 1.95. The van der Waals surface area contributed by atoms with Crippen LogP contribution >= 0.6 is 0 Å². The molecule has 2 aromatic heterocycles. The van der Waals surface area contributed by atoms with E-state index in [1.165, 1.54) is 0 Å². The number of para-hydroxylation sites is 1. The van der Waals surface area contributed by atoms with Crippen LogP contribution in [0.1, 0.15) is 5.69 Å². The molecule has 6 nitrogen and oxygen atoms in total. The average molecular weight is 280 g/mol. The Morgan fingerprint density at radius 2 is 2.00 bits per heavy atom. The highest BCUT2D eigenvalue weighted by Crippen LogP contribution is 2.25. The van der Waals surface area contributed by atoms with Gasteiger partial charge in [0.05, 0.1) is 11.7 Å². The van der Waals surface area contributed by atoms with Crippen molar-refractivity contribution in [1.29, 1.82) is 0 Å². The van der Waals surface area contributed by atoms with Crippen molar-refractivity contribution in [2.45, 2.75) is 0 Å². The highest BCUT2D eigenvalue weighted by atomic mass is 16.5. The fraction of sp³-hybridized carbons (Fsp3) is 0. The number of pyridine rings is 2. The molecule has 3 N–H and O–H groups in total. The van der Waals surface area contributed by atoms with Gasteiger partial charge in [-0.1, -0.05) is 23.4 Å². The van der Waals surface area contributed by atoms with E-state index in [0.29, 0.717) is 11.5 Å². The topological polar surface area (TPSA) is 93.6 Å². The van der Waals surface area contributed by atoms with Crippen LogP contribution in [-0.4, -0.2) is 21.0 Å². The number of benzene rings is 1. The standard InChI is InChI=1S/C15H12N4O2/c16-15(19-20)14-13(6-3-7-17-14)21-11-8-10-4-1-2-5-12(10)18-9-11/h1-9,20H,(H2,16,19). The number of oxime groups is 1. The van der Waals surface area contributed by atoms with E-state index in [4.69, 9.17) is 15.7 Å². The molecular weight excluding hydrogens is 268 g/mol. The maximum atomic E-state index is 8.78. The Kier molecular flexibility index (Phi) is 3.34. The van der Waals surface area contributed by atoms with Gasteiger partial charge in [0, 0.05) is 11.6 Å². The van der Waals surface area contributed by atoms with E-state index in [1.807, 2.05) is 30.3 Å². The lowest BCUT2D eigenvalue weighted by molar-refractivity contribution is 0.318. The first-order chi connectivity index (χ1) is 10.3. The number of ether oxygens (including phenoxy) is 1. The van der Waals surface area contributed by atoms with E-state index in [1.54, 1.807) is 24.5 Å². The lowest BCUT2D eigenvalue weighted by Gasteiger charge is -2.09. The molecular formula is C15H12N4O2. The minimum atomic E-state index is -0.112. The van der Waals surface area contributed by atoms with E-state index in [0.717, 1.165) is 10.9 Å². The van der Waals surface area contributed by atoms with Crippen LogP contribution in [0.3, 0.4) is 0 Å². The lowest BCUT2D eigenvalue weighted by Crippen LogP contribution is -2.15. The van der Waals surface area contributed by atoms with Crippen molar-refractivity contribution in [1.82, 2.24) is 9.97 Å². The molecule has 3 rings (SSSR count). The van der Waals surface area contributed by atoms with Gasteiger partial charge in [-0.25, -0.2) is 4.98 Å². The minimum Gasteiger partial charge on any atom is -0.453 e. The summed E-state index contributed by atoms with van der Waals surface area (Å²) in [6.07, 6.45) is 3.16. The highest BCUT2D eigenvalue weighted by molar-refractivity contribution is 5.97. The zero-order valence-electron chi connectivity index (χ0n) is 11.0. The summed E-state index contributed by atoms with van der Waals surface area (Å²) < 4.78 is 5.74. The Hall–Kier alpha value is -3.15. The molecule has 21 heavy (non-hydrogen) atoms. The van der Waals surface area contributed by atoms with Gasteiger partial charge in [0.1, 0.15) is 5.75 Å². The SMILES string of the molecule is N/C(=N/O)c1ncccc1Oc1cnc2ccccc2c1. The van der Waals surface area contributed by atoms with Gasteiger partial charge in [-0.15, -0.1) is 0 Å². The summed E-state index contributed by atoms with van der Waals surface area (Å²) in [5.41, 5.74) is 6.73. The average Bonchev–Trinajstić information content (AvgIpc) is 2.54. The predicted molar refractivity (Wildman–Crippen MR) is 78.6 cm³/mol. The van der Waals surface area contributed by atoms with Crippen LogP contribution in [0.15, 0.2) is 60.0 Å². The molecule has 0 atom stereocenters. The first-order valence-corrected chi connectivity index (χ1v) is 6.23. The molecule has 0 fully saturated rings. The maximum Gasteiger partial charge on any atom is 0.192 e. The quantitative estimate of drug-likeness (QED) is 0.333. The molecule has 0 radical (unpaired) electrons. The van der Waals surface area contributed by atoms with Gasteiger partial charge in [-0.05, 0) is 24.3 Å². The Labute approximate surface area is 120 Å².